The van der Waals surface area contributed by atoms with Crippen LogP contribution in [-0.2, 0) is 0 Å². The van der Waals surface area contributed by atoms with Gasteiger partial charge in [-0.1, -0.05) is 13.3 Å². The highest BCUT2D eigenvalue weighted by Crippen LogP contribution is 2.44. The molecule has 0 amide bonds. The summed E-state index contributed by atoms with van der Waals surface area (Å²) in [5.74, 6) is 1.77. The molecule has 0 aromatic rings. The number of hydrogen-bond donors (Lipinski definition) is 1. The Bertz CT molecular complexity index is 216. The Balaban J connectivity index is 1.73. The third-order valence-electron chi connectivity index (χ3n) is 4.65. The van der Waals surface area contributed by atoms with Gasteiger partial charge in [-0.3, -0.25) is 4.90 Å². The predicted molar refractivity (Wildman–Crippen MR) is 53.4 cm³/mol. The van der Waals surface area contributed by atoms with Gasteiger partial charge >= 0.3 is 0 Å². The molecule has 5 unspecified atom stereocenters. The molecule has 13 heavy (non-hydrogen) atoms. The van der Waals surface area contributed by atoms with Gasteiger partial charge < -0.3 is 5.73 Å². The molecule has 2 aliphatic heterocycles. The molecule has 2 heterocycles. The van der Waals surface area contributed by atoms with Crippen molar-refractivity contribution in [1.29, 1.82) is 0 Å². The van der Waals surface area contributed by atoms with Crippen LogP contribution in [0.2, 0.25) is 0 Å². The molecule has 2 saturated heterocycles. The van der Waals surface area contributed by atoms with Crippen molar-refractivity contribution in [2.45, 2.75) is 50.7 Å². The van der Waals surface area contributed by atoms with Crippen LogP contribution in [0.25, 0.3) is 0 Å². The summed E-state index contributed by atoms with van der Waals surface area (Å²) in [4.78, 5) is 2.73. The Kier molecular flexibility index (Phi) is 1.72. The van der Waals surface area contributed by atoms with Crippen LogP contribution in [0.4, 0.5) is 0 Å². The van der Waals surface area contributed by atoms with E-state index in [1.54, 1.807) is 0 Å². The fourth-order valence-electron chi connectivity index (χ4n) is 3.70. The highest BCUT2D eigenvalue weighted by atomic mass is 15.3. The largest absolute Gasteiger partial charge is 0.326 e. The molecular weight excluding hydrogens is 160 g/mol. The molecule has 2 bridgehead atoms. The standard InChI is InChI=1S/C11H20N2/c1-7-3-2-4-9(7)13-6-8-5-10(13)11(8)12/h7-11H,2-6,12H2,1H3. The van der Waals surface area contributed by atoms with Gasteiger partial charge in [0.15, 0.2) is 0 Å². The molecule has 2 aliphatic carbocycles. The molecule has 2 heteroatoms. The van der Waals surface area contributed by atoms with Crippen molar-refractivity contribution < 1.29 is 0 Å². The van der Waals surface area contributed by atoms with Crippen molar-refractivity contribution in [2.24, 2.45) is 17.6 Å². The first kappa shape index (κ1) is 8.25. The summed E-state index contributed by atoms with van der Waals surface area (Å²) >= 11 is 0. The van der Waals surface area contributed by atoms with Gasteiger partial charge in [-0.15, -0.1) is 0 Å². The average molecular weight is 180 g/mol. The van der Waals surface area contributed by atoms with E-state index in [-0.39, 0.29) is 0 Å². The van der Waals surface area contributed by atoms with Crippen molar-refractivity contribution in [3.63, 3.8) is 0 Å². The van der Waals surface area contributed by atoms with Gasteiger partial charge in [0.05, 0.1) is 0 Å². The van der Waals surface area contributed by atoms with Crippen LogP contribution in [0.15, 0.2) is 0 Å². The van der Waals surface area contributed by atoms with Gasteiger partial charge in [-0.05, 0) is 31.1 Å². The van der Waals surface area contributed by atoms with Gasteiger partial charge in [0.2, 0.25) is 0 Å². The predicted octanol–water partition coefficient (Wildman–Crippen LogP) is 1.21. The van der Waals surface area contributed by atoms with E-state index in [9.17, 15) is 0 Å². The first-order valence-corrected chi connectivity index (χ1v) is 5.78. The maximum absolute atomic E-state index is 6.09. The summed E-state index contributed by atoms with van der Waals surface area (Å²) in [6.07, 6.45) is 5.70. The third-order valence-corrected chi connectivity index (χ3v) is 4.65. The molecule has 2 saturated carbocycles. The van der Waals surface area contributed by atoms with Crippen molar-refractivity contribution >= 4 is 0 Å². The molecule has 4 rings (SSSR count). The second-order valence-corrected chi connectivity index (χ2v) is 5.31. The van der Waals surface area contributed by atoms with Crippen molar-refractivity contribution in [3.8, 4) is 0 Å². The number of nitrogens with two attached hydrogens (primary N) is 1. The fourth-order valence-corrected chi connectivity index (χ4v) is 3.70. The zero-order valence-corrected chi connectivity index (χ0v) is 8.45. The third kappa shape index (κ3) is 1.02. The molecule has 0 aromatic heterocycles. The van der Waals surface area contributed by atoms with Crippen LogP contribution in [-0.4, -0.2) is 29.6 Å². The van der Waals surface area contributed by atoms with E-state index in [0.717, 1.165) is 23.9 Å². The minimum Gasteiger partial charge on any atom is -0.326 e. The summed E-state index contributed by atoms with van der Waals surface area (Å²) < 4.78 is 0. The smallest absolute Gasteiger partial charge is 0.0257 e. The highest BCUT2D eigenvalue weighted by molar-refractivity contribution is 5.09. The molecule has 4 aliphatic rings. The minimum atomic E-state index is 0.521. The fraction of sp³-hybridized carbons (Fsp3) is 1.00. The molecule has 2 N–H and O–H groups in total. The molecular formula is C11H20N2. The van der Waals surface area contributed by atoms with Crippen molar-refractivity contribution in [3.05, 3.63) is 0 Å². The summed E-state index contributed by atoms with van der Waals surface area (Å²) in [6.45, 7) is 3.72. The molecule has 4 fully saturated rings. The van der Waals surface area contributed by atoms with E-state index in [1.807, 2.05) is 0 Å². The monoisotopic (exact) mass is 180 g/mol. The Morgan fingerprint density at radius 1 is 1.23 bits per heavy atom. The normalized spacial score (nSPS) is 55.4. The average Bonchev–Trinajstić information content (AvgIpc) is 2.74. The maximum Gasteiger partial charge on any atom is 0.0257 e. The summed E-state index contributed by atoms with van der Waals surface area (Å²) in [5.41, 5.74) is 6.09. The first-order chi connectivity index (χ1) is 6.27. The number of nitrogens with zero attached hydrogens (tertiary/aromatic N) is 1. The molecule has 0 spiro atoms. The van der Waals surface area contributed by atoms with Crippen LogP contribution in [0, 0.1) is 11.8 Å². The van der Waals surface area contributed by atoms with Crippen LogP contribution in [0.3, 0.4) is 0 Å². The Labute approximate surface area is 80.5 Å². The second-order valence-electron chi connectivity index (χ2n) is 5.31. The second kappa shape index (κ2) is 2.71. The summed E-state index contributed by atoms with van der Waals surface area (Å²) in [6, 6.07) is 2.16. The minimum absolute atomic E-state index is 0.521. The Morgan fingerprint density at radius 2 is 2.08 bits per heavy atom. The molecule has 0 radical (unpaired) electrons. The number of hydrogen-bond acceptors (Lipinski definition) is 2. The van der Waals surface area contributed by atoms with Crippen molar-refractivity contribution in [1.82, 2.24) is 4.90 Å². The zero-order valence-electron chi connectivity index (χ0n) is 8.45. The lowest BCUT2D eigenvalue weighted by Gasteiger charge is -2.37. The van der Waals surface area contributed by atoms with Crippen LogP contribution < -0.4 is 5.73 Å². The lowest BCUT2D eigenvalue weighted by molar-refractivity contribution is 0.143. The summed E-state index contributed by atoms with van der Waals surface area (Å²) in [5, 5.41) is 0. The van der Waals surface area contributed by atoms with Gasteiger partial charge in [0.1, 0.15) is 0 Å². The summed E-state index contributed by atoms with van der Waals surface area (Å²) in [7, 11) is 0. The lowest BCUT2D eigenvalue weighted by Crippen LogP contribution is -2.51. The van der Waals surface area contributed by atoms with E-state index in [0.29, 0.717) is 6.04 Å². The van der Waals surface area contributed by atoms with Gasteiger partial charge in [0.25, 0.3) is 0 Å². The van der Waals surface area contributed by atoms with Gasteiger partial charge in [0, 0.05) is 24.7 Å². The van der Waals surface area contributed by atoms with E-state index < -0.39 is 0 Å². The quantitative estimate of drug-likeness (QED) is 0.657. The van der Waals surface area contributed by atoms with E-state index in [1.165, 1.54) is 32.2 Å². The van der Waals surface area contributed by atoms with Crippen molar-refractivity contribution in [2.75, 3.05) is 6.54 Å². The maximum atomic E-state index is 6.09. The van der Waals surface area contributed by atoms with E-state index in [2.05, 4.69) is 11.8 Å². The van der Waals surface area contributed by atoms with E-state index in [4.69, 9.17) is 5.73 Å². The van der Waals surface area contributed by atoms with E-state index >= 15 is 0 Å². The molecule has 74 valence electrons. The van der Waals surface area contributed by atoms with Crippen LogP contribution in [0.1, 0.15) is 32.6 Å². The zero-order chi connectivity index (χ0) is 9.00. The molecule has 2 nitrogen and oxygen atoms in total. The topological polar surface area (TPSA) is 29.3 Å². The lowest BCUT2D eigenvalue weighted by atomic mass is 9.81. The number of fused-ring (bicyclic) bond motifs is 1. The van der Waals surface area contributed by atoms with Crippen LogP contribution in [0.5, 0.6) is 0 Å². The molecule has 5 atom stereocenters. The SMILES string of the molecule is CC1CCCC1N1CC2CC1C2N. The molecule has 0 aromatic carbocycles. The van der Waals surface area contributed by atoms with Crippen LogP contribution >= 0.6 is 0 Å². The number of rotatable bonds is 1. The van der Waals surface area contributed by atoms with Gasteiger partial charge in [-0.2, -0.15) is 0 Å². The Morgan fingerprint density at radius 3 is 2.54 bits per heavy atom. The first-order valence-electron chi connectivity index (χ1n) is 5.78. The highest BCUT2D eigenvalue weighted by Gasteiger charge is 2.52. The van der Waals surface area contributed by atoms with Gasteiger partial charge in [-0.25, -0.2) is 0 Å². The Hall–Kier alpha value is -0.0800.